The molecule has 0 aliphatic heterocycles. The molecule has 3 aromatic carbocycles. The van der Waals surface area contributed by atoms with Gasteiger partial charge < -0.3 is 0 Å². The summed E-state index contributed by atoms with van der Waals surface area (Å²) in [6.07, 6.45) is 1.98. The van der Waals surface area contributed by atoms with Gasteiger partial charge in [-0.2, -0.15) is 0 Å². The zero-order valence-corrected chi connectivity index (χ0v) is 19.3. The van der Waals surface area contributed by atoms with Gasteiger partial charge in [0, 0.05) is 17.1 Å². The maximum atomic E-state index is 4.79. The van der Waals surface area contributed by atoms with E-state index in [1.165, 1.54) is 56.4 Å². The van der Waals surface area contributed by atoms with Crippen LogP contribution in [0.15, 0.2) is 60.8 Å². The average Bonchev–Trinajstić information content (AvgIpc) is 2.74. The zero-order valence-electron chi connectivity index (χ0n) is 18.3. The summed E-state index contributed by atoms with van der Waals surface area (Å²) in [4.78, 5) is 4.79. The van der Waals surface area contributed by atoms with Crippen LogP contribution in [0.4, 0.5) is 0 Å². The van der Waals surface area contributed by atoms with Crippen LogP contribution in [0.25, 0.3) is 32.8 Å². The predicted octanol–water partition coefficient (Wildman–Crippen LogP) is 7.39. The molecular formula is C27H31NSi. The third kappa shape index (κ3) is 3.30. The number of aryl methyl sites for hydroxylation is 2. The molecule has 0 unspecified atom stereocenters. The molecule has 0 spiro atoms. The summed E-state index contributed by atoms with van der Waals surface area (Å²) in [7, 11) is -1.45. The van der Waals surface area contributed by atoms with Gasteiger partial charge in [-0.25, -0.2) is 0 Å². The van der Waals surface area contributed by atoms with Crippen LogP contribution in [0.3, 0.4) is 0 Å². The first-order valence-corrected chi connectivity index (χ1v) is 13.5. The van der Waals surface area contributed by atoms with Gasteiger partial charge in [-0.3, -0.25) is 4.98 Å². The van der Waals surface area contributed by atoms with Crippen LogP contribution >= 0.6 is 0 Å². The van der Waals surface area contributed by atoms with Crippen molar-refractivity contribution in [3.63, 3.8) is 0 Å². The van der Waals surface area contributed by atoms with Gasteiger partial charge in [0.05, 0.1) is 13.8 Å². The molecule has 1 heterocycles. The molecule has 0 saturated carbocycles. The lowest BCUT2D eigenvalue weighted by Gasteiger charge is -2.30. The first kappa shape index (κ1) is 19.8. The van der Waals surface area contributed by atoms with Crippen LogP contribution in [0.1, 0.15) is 31.9 Å². The minimum Gasteiger partial charge on any atom is -0.256 e. The molecule has 0 fully saturated rings. The first-order valence-electron chi connectivity index (χ1n) is 10.9. The van der Waals surface area contributed by atoms with Crippen molar-refractivity contribution in [3.05, 3.63) is 71.9 Å². The molecule has 0 radical (unpaired) electrons. The zero-order chi connectivity index (χ0) is 20.6. The Morgan fingerprint density at radius 2 is 1.31 bits per heavy atom. The van der Waals surface area contributed by atoms with Gasteiger partial charge in [-0.1, -0.05) is 91.6 Å². The molecule has 4 aromatic rings. The van der Waals surface area contributed by atoms with Crippen LogP contribution in [-0.4, -0.2) is 13.1 Å². The van der Waals surface area contributed by atoms with E-state index in [9.17, 15) is 0 Å². The van der Waals surface area contributed by atoms with Gasteiger partial charge in [0.15, 0.2) is 0 Å². The average molecular weight is 398 g/mol. The van der Waals surface area contributed by atoms with Crippen molar-refractivity contribution in [2.75, 3.05) is 0 Å². The molecule has 0 amide bonds. The normalized spacial score (nSPS) is 12.0. The fourth-order valence-corrected chi connectivity index (χ4v) is 9.03. The Morgan fingerprint density at radius 1 is 0.690 bits per heavy atom. The van der Waals surface area contributed by atoms with Crippen molar-refractivity contribution in [2.45, 2.75) is 52.8 Å². The summed E-state index contributed by atoms with van der Waals surface area (Å²) in [5.74, 6) is 0. The quantitative estimate of drug-likeness (QED) is 0.253. The van der Waals surface area contributed by atoms with Crippen LogP contribution in [0, 0.1) is 13.8 Å². The molecule has 1 aromatic heterocycles. The van der Waals surface area contributed by atoms with Crippen molar-refractivity contribution in [2.24, 2.45) is 0 Å². The van der Waals surface area contributed by atoms with Crippen molar-refractivity contribution < 1.29 is 0 Å². The van der Waals surface area contributed by atoms with Gasteiger partial charge in [-0.15, -0.1) is 0 Å². The highest BCUT2D eigenvalue weighted by Gasteiger charge is 2.30. The number of rotatable bonds is 5. The molecule has 0 saturated heterocycles. The number of nitrogens with zero attached hydrogens (tertiary/aromatic N) is 1. The molecule has 1 nitrogen and oxygen atoms in total. The fourth-order valence-electron chi connectivity index (χ4n) is 5.15. The van der Waals surface area contributed by atoms with Gasteiger partial charge in [0.2, 0.25) is 0 Å². The lowest BCUT2D eigenvalue weighted by molar-refractivity contribution is 1.20. The third-order valence-corrected chi connectivity index (χ3v) is 12.5. The van der Waals surface area contributed by atoms with E-state index < -0.39 is 8.07 Å². The maximum Gasteiger partial charge on any atom is 0.0867 e. The molecule has 29 heavy (non-hydrogen) atoms. The number of fused-ring (bicyclic) bond motifs is 3. The Balaban J connectivity index is 2.02. The van der Waals surface area contributed by atoms with Gasteiger partial charge in [-0.05, 0) is 48.2 Å². The van der Waals surface area contributed by atoms with Crippen molar-refractivity contribution in [3.8, 4) is 11.3 Å². The SMILES string of the molecule is CC[Si](CC)(CC)c1cccc2c1ccc1c(-c3cc(C)cc(C)c3)nccc12. The topological polar surface area (TPSA) is 12.9 Å². The van der Waals surface area contributed by atoms with Gasteiger partial charge in [0.25, 0.3) is 0 Å². The molecule has 148 valence electrons. The van der Waals surface area contributed by atoms with Crippen molar-refractivity contribution >= 4 is 34.8 Å². The van der Waals surface area contributed by atoms with Crippen molar-refractivity contribution in [1.29, 1.82) is 0 Å². The Hall–Kier alpha value is -2.45. The number of pyridine rings is 1. The lowest BCUT2D eigenvalue weighted by Crippen LogP contribution is -2.46. The largest absolute Gasteiger partial charge is 0.256 e. The van der Waals surface area contributed by atoms with E-state index in [0.29, 0.717) is 0 Å². The minimum absolute atomic E-state index is 1.09. The van der Waals surface area contributed by atoms with Crippen molar-refractivity contribution in [1.82, 2.24) is 4.98 Å². The Labute approximate surface area is 175 Å². The minimum atomic E-state index is -1.45. The highest BCUT2D eigenvalue weighted by Crippen LogP contribution is 2.33. The highest BCUT2D eigenvalue weighted by molar-refractivity contribution is 6.93. The van der Waals surface area contributed by atoms with Crippen LogP contribution in [0.5, 0.6) is 0 Å². The van der Waals surface area contributed by atoms with E-state index in [1.54, 1.807) is 5.19 Å². The summed E-state index contributed by atoms with van der Waals surface area (Å²) >= 11 is 0. The van der Waals surface area contributed by atoms with E-state index in [-0.39, 0.29) is 0 Å². The molecule has 0 bridgehead atoms. The molecule has 4 rings (SSSR count). The smallest absolute Gasteiger partial charge is 0.0867 e. The second-order valence-electron chi connectivity index (χ2n) is 8.44. The Bertz CT molecular complexity index is 1160. The molecule has 0 aliphatic rings. The van der Waals surface area contributed by atoms with Gasteiger partial charge in [0.1, 0.15) is 0 Å². The molecule has 0 aliphatic carbocycles. The standard InChI is InChI=1S/C27H31NSi/c1-6-29(7-2,8-3)26-11-9-10-22-23-14-15-28-27(25(23)13-12-24(22)26)21-17-19(4)16-20(5)18-21/h9-18H,6-8H2,1-5H3. The lowest BCUT2D eigenvalue weighted by atomic mass is 9.97. The summed E-state index contributed by atoms with van der Waals surface area (Å²) in [5.41, 5.74) is 4.87. The third-order valence-electron chi connectivity index (χ3n) is 6.90. The number of hydrogen-bond acceptors (Lipinski definition) is 1. The molecule has 2 heteroatoms. The molecular weight excluding hydrogens is 366 g/mol. The second-order valence-corrected chi connectivity index (χ2v) is 13.7. The number of hydrogen-bond donors (Lipinski definition) is 0. The molecule has 0 N–H and O–H groups in total. The summed E-state index contributed by atoms with van der Waals surface area (Å²) in [6.45, 7) is 11.5. The monoisotopic (exact) mass is 397 g/mol. The van der Waals surface area contributed by atoms with E-state index in [1.807, 2.05) is 6.20 Å². The first-order chi connectivity index (χ1) is 14.0. The second kappa shape index (κ2) is 7.76. The van der Waals surface area contributed by atoms with E-state index in [0.717, 1.165) is 5.69 Å². The van der Waals surface area contributed by atoms with E-state index in [2.05, 4.69) is 89.2 Å². The number of aromatic nitrogens is 1. The van der Waals surface area contributed by atoms with E-state index in [4.69, 9.17) is 4.98 Å². The fraction of sp³-hybridized carbons (Fsp3) is 0.296. The predicted molar refractivity (Wildman–Crippen MR) is 131 cm³/mol. The summed E-state index contributed by atoms with van der Waals surface area (Å²) in [6, 6.07) is 24.5. The summed E-state index contributed by atoms with van der Waals surface area (Å²) in [5, 5.41) is 7.03. The number of benzene rings is 3. The Kier molecular flexibility index (Phi) is 5.31. The van der Waals surface area contributed by atoms with Crippen LogP contribution < -0.4 is 5.19 Å². The highest BCUT2D eigenvalue weighted by atomic mass is 28.3. The van der Waals surface area contributed by atoms with Crippen LogP contribution in [-0.2, 0) is 0 Å². The Morgan fingerprint density at radius 3 is 1.97 bits per heavy atom. The van der Waals surface area contributed by atoms with E-state index >= 15 is 0 Å². The van der Waals surface area contributed by atoms with Gasteiger partial charge >= 0.3 is 0 Å². The summed E-state index contributed by atoms with van der Waals surface area (Å²) < 4.78 is 0. The molecule has 0 atom stereocenters. The maximum absolute atomic E-state index is 4.79. The van der Waals surface area contributed by atoms with Crippen LogP contribution in [0.2, 0.25) is 18.1 Å².